The predicted octanol–water partition coefficient (Wildman–Crippen LogP) is 16.8. The summed E-state index contributed by atoms with van der Waals surface area (Å²) < 4.78 is 12.2. The van der Waals surface area contributed by atoms with Crippen LogP contribution in [0.25, 0.3) is 108 Å². The number of fused-ring (bicyclic) bond motifs is 15. The van der Waals surface area contributed by atoms with Gasteiger partial charge in [0.05, 0.1) is 16.1 Å². The van der Waals surface area contributed by atoms with Crippen molar-refractivity contribution in [3.05, 3.63) is 212 Å². The molecule has 69 heavy (non-hydrogen) atoms. The minimum Gasteiger partial charge on any atom is -0.456 e. The molecule has 0 saturated heterocycles. The van der Waals surface area contributed by atoms with Crippen LogP contribution in [0.5, 0.6) is 0 Å². The highest BCUT2D eigenvalue weighted by Crippen LogP contribution is 2.54. The Labute approximate surface area is 404 Å². The largest absolute Gasteiger partial charge is 0.456 e. The molecule has 5 heteroatoms. The molecule has 0 amide bonds. The van der Waals surface area contributed by atoms with E-state index in [1.807, 2.05) is 11.3 Å². The van der Waals surface area contributed by atoms with Crippen LogP contribution in [0.3, 0.4) is 0 Å². The van der Waals surface area contributed by atoms with E-state index in [2.05, 4.69) is 236 Å². The van der Waals surface area contributed by atoms with Crippen molar-refractivity contribution in [2.75, 3.05) is 4.90 Å². The Hall–Kier alpha value is -8.12. The van der Waals surface area contributed by atoms with E-state index in [1.165, 1.54) is 120 Å². The van der Waals surface area contributed by atoms with Gasteiger partial charge in [-0.3, -0.25) is 0 Å². The molecule has 0 fully saturated rings. The van der Waals surface area contributed by atoms with E-state index in [0.29, 0.717) is 0 Å². The van der Waals surface area contributed by atoms with Crippen LogP contribution in [-0.2, 0) is 5.41 Å². The van der Waals surface area contributed by atoms with Crippen molar-refractivity contribution in [3.8, 4) is 44.5 Å². The first-order chi connectivity index (χ1) is 33.9. The van der Waals surface area contributed by atoms with Gasteiger partial charge in [0.2, 0.25) is 0 Å². The Morgan fingerprint density at radius 3 is 1.88 bits per heavy atom. The lowest BCUT2D eigenvalue weighted by Gasteiger charge is -2.42. The molecule has 2 aliphatic heterocycles. The van der Waals surface area contributed by atoms with Crippen LogP contribution < -0.4 is 15.8 Å². The number of para-hydroxylation sites is 1. The van der Waals surface area contributed by atoms with Gasteiger partial charge in [0.15, 0.2) is 0 Å². The molecule has 0 spiro atoms. The van der Waals surface area contributed by atoms with E-state index in [4.69, 9.17) is 4.42 Å². The minimum absolute atomic E-state index is 0.0547. The first-order valence-corrected chi connectivity index (χ1v) is 24.8. The van der Waals surface area contributed by atoms with Crippen LogP contribution >= 0.6 is 11.3 Å². The number of furan rings is 1. The van der Waals surface area contributed by atoms with Gasteiger partial charge in [-0.2, -0.15) is 0 Å². The number of aromatic nitrogens is 1. The average Bonchev–Trinajstić information content (AvgIpc) is 4.07. The molecule has 0 atom stereocenters. The molecule has 0 aliphatic carbocycles. The van der Waals surface area contributed by atoms with Crippen molar-refractivity contribution in [2.24, 2.45) is 0 Å². The summed E-state index contributed by atoms with van der Waals surface area (Å²) in [4.78, 5) is 2.65. The molecule has 13 aromatic rings. The highest BCUT2D eigenvalue weighted by Gasteiger charge is 2.46. The topological polar surface area (TPSA) is 21.3 Å². The maximum absolute atomic E-state index is 6.86. The Balaban J connectivity index is 1.17. The van der Waals surface area contributed by atoms with Crippen molar-refractivity contribution < 1.29 is 4.42 Å². The summed E-state index contributed by atoms with van der Waals surface area (Å²) in [5, 5.41) is 7.39. The van der Waals surface area contributed by atoms with Crippen LogP contribution in [0.2, 0.25) is 0 Å². The quantitative estimate of drug-likeness (QED) is 0.164. The third kappa shape index (κ3) is 5.51. The maximum atomic E-state index is 6.86. The van der Waals surface area contributed by atoms with Gasteiger partial charge in [-0.1, -0.05) is 160 Å². The fourth-order valence-corrected chi connectivity index (χ4v) is 13.2. The van der Waals surface area contributed by atoms with E-state index in [9.17, 15) is 0 Å². The van der Waals surface area contributed by atoms with Gasteiger partial charge >= 0.3 is 6.85 Å². The highest BCUT2D eigenvalue weighted by molar-refractivity contribution is 7.26. The number of hydrogen-bond acceptors (Lipinski definition) is 3. The van der Waals surface area contributed by atoms with Crippen LogP contribution in [0, 0.1) is 0 Å². The minimum atomic E-state index is -0.188. The van der Waals surface area contributed by atoms with Crippen molar-refractivity contribution in [1.29, 1.82) is 0 Å². The Bertz CT molecular complexity index is 4290. The molecule has 0 N–H and O–H groups in total. The number of thiophene rings is 1. The Kier molecular flexibility index (Phi) is 8.02. The zero-order chi connectivity index (χ0) is 45.7. The third-order valence-electron chi connectivity index (χ3n) is 15.1. The van der Waals surface area contributed by atoms with E-state index >= 15 is 0 Å². The van der Waals surface area contributed by atoms with Crippen molar-refractivity contribution in [2.45, 2.75) is 26.2 Å². The summed E-state index contributed by atoms with van der Waals surface area (Å²) in [5.74, 6) is 0. The van der Waals surface area contributed by atoms with Gasteiger partial charge in [0.1, 0.15) is 11.2 Å². The number of rotatable bonds is 4. The molecule has 15 rings (SSSR count). The van der Waals surface area contributed by atoms with Gasteiger partial charge < -0.3 is 13.8 Å². The zero-order valence-electron chi connectivity index (χ0n) is 38.4. The fourth-order valence-electron chi connectivity index (χ4n) is 12.0. The smallest absolute Gasteiger partial charge is 0.333 e. The molecule has 3 aromatic heterocycles. The van der Waals surface area contributed by atoms with E-state index < -0.39 is 0 Å². The predicted molar refractivity (Wildman–Crippen MR) is 295 cm³/mol. The van der Waals surface area contributed by atoms with Crippen molar-refractivity contribution in [3.63, 3.8) is 0 Å². The number of anilines is 3. The molecular formula is C64H43BN2OS. The maximum Gasteiger partial charge on any atom is 0.333 e. The lowest BCUT2D eigenvalue weighted by Crippen LogP contribution is -2.57. The number of benzene rings is 10. The summed E-state index contributed by atoms with van der Waals surface area (Å²) in [6.07, 6.45) is 0. The fraction of sp³-hybridized carbons (Fsp3) is 0.0625. The highest BCUT2D eigenvalue weighted by atomic mass is 32.1. The van der Waals surface area contributed by atoms with Crippen LogP contribution in [-0.4, -0.2) is 11.3 Å². The van der Waals surface area contributed by atoms with E-state index in [-0.39, 0.29) is 12.3 Å². The summed E-state index contributed by atoms with van der Waals surface area (Å²) in [7, 11) is 0. The zero-order valence-corrected chi connectivity index (χ0v) is 39.2. The van der Waals surface area contributed by atoms with Crippen LogP contribution in [0.15, 0.2) is 211 Å². The Morgan fingerprint density at radius 2 is 1.12 bits per heavy atom. The molecule has 0 bridgehead atoms. The van der Waals surface area contributed by atoms with Crippen LogP contribution in [0.1, 0.15) is 26.3 Å². The molecule has 324 valence electrons. The molecule has 3 nitrogen and oxygen atoms in total. The lowest BCUT2D eigenvalue weighted by molar-refractivity contribution is 0.590. The van der Waals surface area contributed by atoms with Gasteiger partial charge in [0.25, 0.3) is 0 Å². The van der Waals surface area contributed by atoms with Gasteiger partial charge in [-0.05, 0) is 122 Å². The van der Waals surface area contributed by atoms with Gasteiger partial charge in [-0.25, -0.2) is 0 Å². The SMILES string of the molecule is CC(C)(C)c1ccc(N2c3ccc4oc5ccccc5c4c3B3c4c(cc5c(sc6ccccc65)c42)-c2cc(-c4ccccc4)cc4c5cc(-c6ccccc6)ccc5n3c24)c(-c2ccccc2)c1. The summed E-state index contributed by atoms with van der Waals surface area (Å²) in [6.45, 7) is 6.77. The van der Waals surface area contributed by atoms with E-state index in [1.54, 1.807) is 0 Å². The normalized spacial score (nSPS) is 13.1. The van der Waals surface area contributed by atoms with Crippen LogP contribution in [0.4, 0.5) is 17.1 Å². The first-order valence-electron chi connectivity index (χ1n) is 24.0. The molecule has 5 heterocycles. The number of nitrogens with zero attached hydrogens (tertiary/aromatic N) is 2. The second kappa shape index (κ2) is 14.2. The van der Waals surface area contributed by atoms with Gasteiger partial charge in [-0.15, -0.1) is 11.3 Å². The molecule has 0 unspecified atom stereocenters. The molecule has 0 saturated carbocycles. The average molecular weight is 899 g/mol. The second-order valence-corrected chi connectivity index (χ2v) is 21.0. The molecule has 0 radical (unpaired) electrons. The first kappa shape index (κ1) is 38.9. The van der Waals surface area contributed by atoms with Crippen molar-refractivity contribution in [1.82, 2.24) is 4.48 Å². The summed E-state index contributed by atoms with van der Waals surface area (Å²) >= 11 is 1.92. The molecule has 10 aromatic carbocycles. The number of hydrogen-bond donors (Lipinski definition) is 0. The molecular weight excluding hydrogens is 856 g/mol. The van der Waals surface area contributed by atoms with Crippen molar-refractivity contribution >= 4 is 110 Å². The monoisotopic (exact) mass is 898 g/mol. The van der Waals surface area contributed by atoms with E-state index in [0.717, 1.165) is 22.2 Å². The Morgan fingerprint density at radius 1 is 0.449 bits per heavy atom. The standard InChI is InChI=1S/C64H43BN2OS/c1-64(2,3)43-28-30-52(46(36-43)40-21-11-6-12-22-40)66-54-31-32-56-58(45-24-13-15-25-55(45)68-56)60(54)65-59-48(37-51-44-23-14-16-26-57(44)69-63(51)62(59)66)50-35-42(39-19-9-5-10-20-39)34-49-47-33-41(38-17-7-4-8-18-38)27-29-53(47)67(65)61(49)50/h4-37H,1-3H3. The summed E-state index contributed by atoms with van der Waals surface area (Å²) in [5.41, 5.74) is 21.5. The third-order valence-corrected chi connectivity index (χ3v) is 16.3. The second-order valence-electron chi connectivity index (χ2n) is 20.0. The lowest BCUT2D eigenvalue weighted by atomic mass is 9.44. The summed E-state index contributed by atoms with van der Waals surface area (Å²) in [6, 6.07) is 76.9. The molecule has 2 aliphatic rings. The van der Waals surface area contributed by atoms with Gasteiger partial charge in [0, 0.05) is 64.9 Å².